The standard InChI is InChI=1S/C14H12Cl2N2O3/c15-10-3-1-9(2-4-10)12-11(16)13(21-17-12)14(19)18-5-7-20-8-6-18/h1-4H,5-8H2. The minimum Gasteiger partial charge on any atom is -0.378 e. The van der Waals surface area contributed by atoms with E-state index in [4.69, 9.17) is 32.5 Å². The molecule has 2 heterocycles. The summed E-state index contributed by atoms with van der Waals surface area (Å²) in [4.78, 5) is 14.0. The summed E-state index contributed by atoms with van der Waals surface area (Å²) in [6, 6.07) is 7.00. The largest absolute Gasteiger partial charge is 0.378 e. The Bertz CT molecular complexity index is 649. The average molecular weight is 327 g/mol. The van der Waals surface area contributed by atoms with Gasteiger partial charge in [-0.2, -0.15) is 0 Å². The smallest absolute Gasteiger partial charge is 0.294 e. The van der Waals surface area contributed by atoms with Gasteiger partial charge in [-0.25, -0.2) is 0 Å². The van der Waals surface area contributed by atoms with Gasteiger partial charge >= 0.3 is 0 Å². The summed E-state index contributed by atoms with van der Waals surface area (Å²) in [5.74, 6) is -0.209. The van der Waals surface area contributed by atoms with Crippen LogP contribution in [0.3, 0.4) is 0 Å². The molecule has 1 amide bonds. The molecule has 7 heteroatoms. The molecule has 21 heavy (non-hydrogen) atoms. The van der Waals surface area contributed by atoms with Crippen LogP contribution in [0.2, 0.25) is 10.0 Å². The SMILES string of the molecule is O=C(c1onc(-c2ccc(Cl)cc2)c1Cl)N1CCOCC1. The second kappa shape index (κ2) is 6.05. The molecular formula is C14H12Cl2N2O3. The van der Waals surface area contributed by atoms with E-state index in [-0.39, 0.29) is 16.7 Å². The van der Waals surface area contributed by atoms with Crippen molar-refractivity contribution in [1.82, 2.24) is 10.1 Å². The molecule has 1 aromatic heterocycles. The number of amides is 1. The van der Waals surface area contributed by atoms with Crippen LogP contribution in [0.4, 0.5) is 0 Å². The maximum absolute atomic E-state index is 12.4. The van der Waals surface area contributed by atoms with Crippen molar-refractivity contribution < 1.29 is 14.1 Å². The van der Waals surface area contributed by atoms with Crippen molar-refractivity contribution in [3.8, 4) is 11.3 Å². The Morgan fingerprint density at radius 3 is 2.48 bits per heavy atom. The second-order valence-corrected chi connectivity index (χ2v) is 5.40. The van der Waals surface area contributed by atoms with Gasteiger partial charge in [-0.15, -0.1) is 0 Å². The highest BCUT2D eigenvalue weighted by Gasteiger charge is 2.27. The summed E-state index contributed by atoms with van der Waals surface area (Å²) in [6.45, 7) is 2.07. The predicted octanol–water partition coefficient (Wildman–Crippen LogP) is 3.12. The summed E-state index contributed by atoms with van der Waals surface area (Å²) >= 11 is 12.1. The molecule has 0 saturated carbocycles. The normalized spacial score (nSPS) is 15.2. The lowest BCUT2D eigenvalue weighted by Crippen LogP contribution is -2.40. The molecule has 0 unspecified atom stereocenters. The highest BCUT2D eigenvalue weighted by Crippen LogP contribution is 2.31. The fourth-order valence-electron chi connectivity index (χ4n) is 2.11. The molecule has 3 rings (SSSR count). The summed E-state index contributed by atoms with van der Waals surface area (Å²) < 4.78 is 10.4. The molecule has 2 aromatic rings. The van der Waals surface area contributed by atoms with Crippen molar-refractivity contribution >= 4 is 29.1 Å². The quantitative estimate of drug-likeness (QED) is 0.850. The third-order valence-corrected chi connectivity index (χ3v) is 3.85. The average Bonchev–Trinajstić information content (AvgIpc) is 2.90. The van der Waals surface area contributed by atoms with Crippen molar-refractivity contribution in [3.63, 3.8) is 0 Å². The number of carbonyl (C=O) groups is 1. The van der Waals surface area contributed by atoms with Crippen LogP contribution in [0.15, 0.2) is 28.8 Å². The lowest BCUT2D eigenvalue weighted by molar-refractivity contribution is 0.0277. The zero-order chi connectivity index (χ0) is 14.8. The van der Waals surface area contributed by atoms with Gasteiger partial charge in [0.2, 0.25) is 5.76 Å². The number of rotatable bonds is 2. The molecule has 1 saturated heterocycles. The number of benzene rings is 1. The molecule has 0 bridgehead atoms. The molecule has 0 atom stereocenters. The van der Waals surface area contributed by atoms with Crippen molar-refractivity contribution in [2.45, 2.75) is 0 Å². The topological polar surface area (TPSA) is 55.6 Å². The maximum atomic E-state index is 12.4. The Morgan fingerprint density at radius 1 is 1.14 bits per heavy atom. The zero-order valence-corrected chi connectivity index (χ0v) is 12.5. The molecule has 5 nitrogen and oxygen atoms in total. The van der Waals surface area contributed by atoms with Crippen LogP contribution < -0.4 is 0 Å². The Hall–Kier alpha value is -1.56. The van der Waals surface area contributed by atoms with E-state index in [9.17, 15) is 4.79 Å². The van der Waals surface area contributed by atoms with Crippen LogP contribution in [0.1, 0.15) is 10.6 Å². The highest BCUT2D eigenvalue weighted by atomic mass is 35.5. The van der Waals surface area contributed by atoms with Crippen LogP contribution in [0.5, 0.6) is 0 Å². The highest BCUT2D eigenvalue weighted by molar-refractivity contribution is 6.35. The Kier molecular flexibility index (Phi) is 4.14. The number of nitrogens with zero attached hydrogens (tertiary/aromatic N) is 2. The minimum absolute atomic E-state index is 0.0588. The minimum atomic E-state index is -0.268. The number of carbonyl (C=O) groups excluding carboxylic acids is 1. The summed E-state index contributed by atoms with van der Waals surface area (Å²) in [7, 11) is 0. The van der Waals surface area contributed by atoms with Gasteiger partial charge in [-0.1, -0.05) is 40.5 Å². The molecule has 1 aromatic carbocycles. The summed E-state index contributed by atoms with van der Waals surface area (Å²) in [5, 5.41) is 4.73. The van der Waals surface area contributed by atoms with E-state index in [1.54, 1.807) is 29.2 Å². The second-order valence-electron chi connectivity index (χ2n) is 4.59. The maximum Gasteiger partial charge on any atom is 0.294 e. The van der Waals surface area contributed by atoms with Crippen LogP contribution in [-0.4, -0.2) is 42.3 Å². The van der Waals surface area contributed by atoms with E-state index >= 15 is 0 Å². The van der Waals surface area contributed by atoms with Crippen molar-refractivity contribution in [2.75, 3.05) is 26.3 Å². The zero-order valence-electron chi connectivity index (χ0n) is 11.0. The molecule has 0 aliphatic carbocycles. The molecule has 0 N–H and O–H groups in total. The van der Waals surface area contributed by atoms with Gasteiger partial charge in [0, 0.05) is 23.7 Å². The number of morpholine rings is 1. The molecule has 1 aliphatic rings. The fourth-order valence-corrected chi connectivity index (χ4v) is 2.49. The summed E-state index contributed by atoms with van der Waals surface area (Å²) in [6.07, 6.45) is 0. The first-order valence-electron chi connectivity index (χ1n) is 6.45. The van der Waals surface area contributed by atoms with E-state index in [0.717, 1.165) is 5.56 Å². The monoisotopic (exact) mass is 326 g/mol. The van der Waals surface area contributed by atoms with Gasteiger partial charge in [0.1, 0.15) is 10.7 Å². The number of hydrogen-bond acceptors (Lipinski definition) is 4. The number of hydrogen-bond donors (Lipinski definition) is 0. The third-order valence-electron chi connectivity index (χ3n) is 3.25. The first-order valence-corrected chi connectivity index (χ1v) is 7.20. The van der Waals surface area contributed by atoms with Gasteiger partial charge in [-0.3, -0.25) is 4.79 Å². The van der Waals surface area contributed by atoms with E-state index in [2.05, 4.69) is 5.16 Å². The van der Waals surface area contributed by atoms with Gasteiger partial charge in [0.15, 0.2) is 0 Å². The lowest BCUT2D eigenvalue weighted by atomic mass is 10.1. The molecule has 1 aliphatic heterocycles. The predicted molar refractivity (Wildman–Crippen MR) is 78.7 cm³/mol. The van der Waals surface area contributed by atoms with Crippen molar-refractivity contribution in [3.05, 3.63) is 40.1 Å². The number of ether oxygens (including phenoxy) is 1. The first-order chi connectivity index (χ1) is 10.2. The fraction of sp³-hybridized carbons (Fsp3) is 0.286. The van der Waals surface area contributed by atoms with Gasteiger partial charge < -0.3 is 14.2 Å². The summed E-state index contributed by atoms with van der Waals surface area (Å²) in [5.41, 5.74) is 1.18. The van der Waals surface area contributed by atoms with E-state index in [0.29, 0.717) is 37.0 Å². The molecular weight excluding hydrogens is 315 g/mol. The van der Waals surface area contributed by atoms with Crippen molar-refractivity contribution in [1.29, 1.82) is 0 Å². The Morgan fingerprint density at radius 2 is 1.81 bits per heavy atom. The van der Waals surface area contributed by atoms with Gasteiger partial charge in [-0.05, 0) is 12.1 Å². The number of halogens is 2. The van der Waals surface area contributed by atoms with E-state index in [1.807, 2.05) is 0 Å². The number of aromatic nitrogens is 1. The van der Waals surface area contributed by atoms with Crippen LogP contribution in [-0.2, 0) is 4.74 Å². The van der Waals surface area contributed by atoms with Gasteiger partial charge in [0.05, 0.1) is 13.2 Å². The van der Waals surface area contributed by atoms with E-state index in [1.165, 1.54) is 0 Å². The van der Waals surface area contributed by atoms with Gasteiger partial charge in [0.25, 0.3) is 5.91 Å². The van der Waals surface area contributed by atoms with E-state index < -0.39 is 0 Å². The molecule has 110 valence electrons. The van der Waals surface area contributed by atoms with Crippen LogP contribution in [0, 0.1) is 0 Å². The molecule has 0 radical (unpaired) electrons. The van der Waals surface area contributed by atoms with Crippen molar-refractivity contribution in [2.24, 2.45) is 0 Å². The molecule has 1 fully saturated rings. The van der Waals surface area contributed by atoms with Crippen LogP contribution in [0.25, 0.3) is 11.3 Å². The first kappa shape index (κ1) is 14.4. The Balaban J connectivity index is 1.88. The van der Waals surface area contributed by atoms with Crippen LogP contribution >= 0.6 is 23.2 Å². The lowest BCUT2D eigenvalue weighted by Gasteiger charge is -2.25. The Labute approximate surface area is 131 Å². The third kappa shape index (κ3) is 2.90. The molecule has 0 spiro atoms.